The summed E-state index contributed by atoms with van der Waals surface area (Å²) in [6, 6.07) is 6.51. The summed E-state index contributed by atoms with van der Waals surface area (Å²) in [5.74, 6) is -0.170. The second-order valence-corrected chi connectivity index (χ2v) is 5.32. The van der Waals surface area contributed by atoms with E-state index in [0.29, 0.717) is 18.0 Å². The lowest BCUT2D eigenvalue weighted by molar-refractivity contribution is -0.274. The van der Waals surface area contributed by atoms with Crippen LogP contribution in [0.3, 0.4) is 0 Å². The van der Waals surface area contributed by atoms with Gasteiger partial charge in [0.05, 0.1) is 0 Å². The van der Waals surface area contributed by atoms with Crippen LogP contribution >= 0.6 is 0 Å². The fourth-order valence-corrected chi connectivity index (χ4v) is 1.91. The summed E-state index contributed by atoms with van der Waals surface area (Å²) in [6.45, 7) is 4.88. The lowest BCUT2D eigenvalue weighted by Gasteiger charge is -2.11. The van der Waals surface area contributed by atoms with E-state index in [1.807, 2.05) is 0 Å². The van der Waals surface area contributed by atoms with Crippen LogP contribution < -0.4 is 10.1 Å². The molecule has 0 saturated heterocycles. The first-order chi connectivity index (χ1) is 8.26. The molecule has 0 radical (unpaired) electrons. The van der Waals surface area contributed by atoms with Gasteiger partial charge < -0.3 is 10.1 Å². The van der Waals surface area contributed by atoms with Gasteiger partial charge >= 0.3 is 6.36 Å². The lowest BCUT2D eigenvalue weighted by atomic mass is 10.1. The van der Waals surface area contributed by atoms with E-state index in [9.17, 15) is 13.2 Å². The van der Waals surface area contributed by atoms with Gasteiger partial charge in [0.15, 0.2) is 0 Å². The van der Waals surface area contributed by atoms with Crippen LogP contribution in [0.4, 0.5) is 13.2 Å². The summed E-state index contributed by atoms with van der Waals surface area (Å²) in [5, 5.41) is 3.32. The van der Waals surface area contributed by atoms with E-state index >= 15 is 0 Å². The Labute approximate surface area is 104 Å². The molecule has 1 unspecified atom stereocenters. The molecule has 2 rings (SSSR count). The SMILES string of the molecule is CC1(C)CC1NCc1cccc(OC(F)(F)F)c1. The summed E-state index contributed by atoms with van der Waals surface area (Å²) >= 11 is 0. The fourth-order valence-electron chi connectivity index (χ4n) is 1.91. The van der Waals surface area contributed by atoms with Crippen molar-refractivity contribution in [1.82, 2.24) is 5.32 Å². The van der Waals surface area contributed by atoms with E-state index in [1.54, 1.807) is 12.1 Å². The molecular formula is C13H16F3NO. The molecule has 1 aromatic carbocycles. The quantitative estimate of drug-likeness (QED) is 0.894. The van der Waals surface area contributed by atoms with Crippen molar-refractivity contribution in [2.75, 3.05) is 0 Å². The zero-order chi connectivity index (χ0) is 13.4. The maximum Gasteiger partial charge on any atom is 0.573 e. The molecular weight excluding hydrogens is 243 g/mol. The number of benzene rings is 1. The fraction of sp³-hybridized carbons (Fsp3) is 0.538. The lowest BCUT2D eigenvalue weighted by Crippen LogP contribution is -2.20. The third kappa shape index (κ3) is 3.63. The van der Waals surface area contributed by atoms with Crippen LogP contribution in [-0.4, -0.2) is 12.4 Å². The molecule has 1 atom stereocenters. The van der Waals surface area contributed by atoms with Gasteiger partial charge in [-0.05, 0) is 29.5 Å². The number of rotatable bonds is 4. The topological polar surface area (TPSA) is 21.3 Å². The largest absolute Gasteiger partial charge is 0.573 e. The first kappa shape index (κ1) is 13.2. The highest BCUT2D eigenvalue weighted by Crippen LogP contribution is 2.44. The average molecular weight is 259 g/mol. The first-order valence-electron chi connectivity index (χ1n) is 5.84. The average Bonchev–Trinajstić information content (AvgIpc) is 2.82. The highest BCUT2D eigenvalue weighted by molar-refractivity contribution is 5.28. The number of nitrogens with one attached hydrogen (secondary N) is 1. The van der Waals surface area contributed by atoms with Crippen LogP contribution in [-0.2, 0) is 6.54 Å². The first-order valence-corrected chi connectivity index (χ1v) is 5.84. The van der Waals surface area contributed by atoms with Crippen LogP contribution in [0.15, 0.2) is 24.3 Å². The molecule has 1 fully saturated rings. The molecule has 0 aliphatic heterocycles. The monoisotopic (exact) mass is 259 g/mol. The Morgan fingerprint density at radius 1 is 1.39 bits per heavy atom. The van der Waals surface area contributed by atoms with Gasteiger partial charge in [-0.2, -0.15) is 0 Å². The molecule has 0 spiro atoms. The molecule has 1 aliphatic carbocycles. The van der Waals surface area contributed by atoms with Gasteiger partial charge in [-0.3, -0.25) is 0 Å². The highest BCUT2D eigenvalue weighted by Gasteiger charge is 2.44. The number of alkyl halides is 3. The number of halogens is 3. The molecule has 0 aromatic heterocycles. The predicted molar refractivity (Wildman–Crippen MR) is 62.2 cm³/mol. The van der Waals surface area contributed by atoms with Crippen molar-refractivity contribution in [3.8, 4) is 5.75 Å². The van der Waals surface area contributed by atoms with E-state index in [4.69, 9.17) is 0 Å². The maximum atomic E-state index is 12.1. The van der Waals surface area contributed by atoms with Crippen molar-refractivity contribution in [1.29, 1.82) is 0 Å². The van der Waals surface area contributed by atoms with Gasteiger partial charge in [0.25, 0.3) is 0 Å². The van der Waals surface area contributed by atoms with Crippen molar-refractivity contribution in [3.05, 3.63) is 29.8 Å². The van der Waals surface area contributed by atoms with Gasteiger partial charge in [0.2, 0.25) is 0 Å². The molecule has 0 amide bonds. The zero-order valence-corrected chi connectivity index (χ0v) is 10.3. The Morgan fingerprint density at radius 2 is 2.06 bits per heavy atom. The Balaban J connectivity index is 1.91. The minimum absolute atomic E-state index is 0.170. The summed E-state index contributed by atoms with van der Waals surface area (Å²) in [4.78, 5) is 0. The molecule has 5 heteroatoms. The van der Waals surface area contributed by atoms with Gasteiger partial charge in [-0.25, -0.2) is 0 Å². The van der Waals surface area contributed by atoms with Crippen molar-refractivity contribution in [2.24, 2.45) is 5.41 Å². The Morgan fingerprint density at radius 3 is 2.61 bits per heavy atom. The molecule has 100 valence electrons. The Hall–Kier alpha value is -1.23. The predicted octanol–water partition coefficient (Wildman–Crippen LogP) is 3.47. The summed E-state index contributed by atoms with van der Waals surface area (Å²) < 4.78 is 40.1. The van der Waals surface area contributed by atoms with Crippen LogP contribution in [0.2, 0.25) is 0 Å². The minimum Gasteiger partial charge on any atom is -0.406 e. The molecule has 0 heterocycles. The van der Waals surface area contributed by atoms with Gasteiger partial charge in [0.1, 0.15) is 5.75 Å². The maximum absolute atomic E-state index is 12.1. The van der Waals surface area contributed by atoms with Crippen LogP contribution in [0, 0.1) is 5.41 Å². The molecule has 1 N–H and O–H groups in total. The van der Waals surface area contributed by atoms with Crippen molar-refractivity contribution in [3.63, 3.8) is 0 Å². The van der Waals surface area contributed by atoms with Gasteiger partial charge in [-0.15, -0.1) is 13.2 Å². The molecule has 0 bridgehead atoms. The number of hydrogen-bond donors (Lipinski definition) is 1. The molecule has 18 heavy (non-hydrogen) atoms. The van der Waals surface area contributed by atoms with E-state index < -0.39 is 6.36 Å². The Kier molecular flexibility index (Phi) is 3.27. The molecule has 1 saturated carbocycles. The summed E-state index contributed by atoms with van der Waals surface area (Å²) in [5.41, 5.74) is 1.10. The van der Waals surface area contributed by atoms with Crippen molar-refractivity contribution >= 4 is 0 Å². The minimum atomic E-state index is -4.63. The van der Waals surface area contributed by atoms with Crippen LogP contribution in [0.25, 0.3) is 0 Å². The van der Waals surface area contributed by atoms with Crippen molar-refractivity contribution < 1.29 is 17.9 Å². The number of hydrogen-bond acceptors (Lipinski definition) is 2. The standard InChI is InChI=1S/C13H16F3NO/c1-12(2)7-11(12)17-8-9-4-3-5-10(6-9)18-13(14,15)16/h3-6,11,17H,7-8H2,1-2H3. The van der Waals surface area contributed by atoms with Crippen LogP contribution in [0.5, 0.6) is 5.75 Å². The number of ether oxygens (including phenoxy) is 1. The highest BCUT2D eigenvalue weighted by atomic mass is 19.4. The summed E-state index contributed by atoms with van der Waals surface area (Å²) in [7, 11) is 0. The Bertz CT molecular complexity index is 428. The normalized spacial score (nSPS) is 21.7. The second kappa shape index (κ2) is 4.46. The molecule has 1 aliphatic rings. The van der Waals surface area contributed by atoms with Crippen molar-refractivity contribution in [2.45, 2.75) is 39.2 Å². The molecule has 1 aromatic rings. The summed E-state index contributed by atoms with van der Waals surface area (Å²) in [6.07, 6.45) is -3.53. The van der Waals surface area contributed by atoms with Gasteiger partial charge in [-0.1, -0.05) is 26.0 Å². The van der Waals surface area contributed by atoms with Crippen LogP contribution in [0.1, 0.15) is 25.8 Å². The van der Waals surface area contributed by atoms with E-state index in [1.165, 1.54) is 12.1 Å². The van der Waals surface area contributed by atoms with E-state index in [-0.39, 0.29) is 5.75 Å². The van der Waals surface area contributed by atoms with E-state index in [0.717, 1.165) is 12.0 Å². The third-order valence-corrected chi connectivity index (χ3v) is 3.20. The molecule has 2 nitrogen and oxygen atoms in total. The second-order valence-electron chi connectivity index (χ2n) is 5.32. The smallest absolute Gasteiger partial charge is 0.406 e. The van der Waals surface area contributed by atoms with Gasteiger partial charge in [0, 0.05) is 12.6 Å². The zero-order valence-electron chi connectivity index (χ0n) is 10.3. The third-order valence-electron chi connectivity index (χ3n) is 3.20. The van der Waals surface area contributed by atoms with E-state index in [2.05, 4.69) is 23.9 Å².